The number of sulfonamides is 1. The van der Waals surface area contributed by atoms with Crippen LogP contribution >= 0.6 is 11.6 Å². The summed E-state index contributed by atoms with van der Waals surface area (Å²) in [5, 5.41) is 2.55. The molecule has 170 valence electrons. The van der Waals surface area contributed by atoms with Gasteiger partial charge in [0.1, 0.15) is 0 Å². The van der Waals surface area contributed by atoms with Crippen LogP contribution in [0.3, 0.4) is 0 Å². The molecule has 1 fully saturated rings. The van der Waals surface area contributed by atoms with Gasteiger partial charge in [-0.2, -0.15) is 13.2 Å². The standard InChI is InChI=1S/C20H28ClF3N2O3S/c1-4-30(28,29)26-9-7-19(8-10-26,12-14(2)3)13-25-18(27)16-6-5-15(11-17(16)21)20(22,23)24/h5-6,11,14H,4,7-10,12-13H2,1-3H3,(H,25,27). The fourth-order valence-corrected chi connectivity index (χ4v) is 5.35. The molecule has 1 heterocycles. The summed E-state index contributed by atoms with van der Waals surface area (Å²) in [7, 11) is -3.26. The van der Waals surface area contributed by atoms with Gasteiger partial charge in [-0.1, -0.05) is 25.4 Å². The number of nitrogens with zero attached hydrogens (tertiary/aromatic N) is 1. The summed E-state index contributed by atoms with van der Waals surface area (Å²) < 4.78 is 64.2. The van der Waals surface area contributed by atoms with Crippen molar-refractivity contribution < 1.29 is 26.4 Å². The summed E-state index contributed by atoms with van der Waals surface area (Å²) in [4.78, 5) is 12.6. The Morgan fingerprint density at radius 2 is 1.87 bits per heavy atom. The molecule has 1 amide bonds. The van der Waals surface area contributed by atoms with Crippen molar-refractivity contribution in [2.24, 2.45) is 11.3 Å². The first-order valence-corrected chi connectivity index (χ1v) is 11.9. The van der Waals surface area contributed by atoms with Gasteiger partial charge in [0.25, 0.3) is 5.91 Å². The van der Waals surface area contributed by atoms with Crippen LogP contribution in [0.1, 0.15) is 56.0 Å². The minimum absolute atomic E-state index is 0.0182. The zero-order valence-electron chi connectivity index (χ0n) is 17.4. The number of alkyl halides is 3. The Labute approximate surface area is 181 Å². The molecule has 0 bridgehead atoms. The van der Waals surface area contributed by atoms with E-state index in [2.05, 4.69) is 19.2 Å². The van der Waals surface area contributed by atoms with Gasteiger partial charge in [-0.25, -0.2) is 12.7 Å². The normalized spacial score (nSPS) is 17.9. The number of carbonyl (C=O) groups excluding carboxylic acids is 1. The molecule has 1 aliphatic rings. The van der Waals surface area contributed by atoms with Gasteiger partial charge in [0.2, 0.25) is 10.0 Å². The summed E-state index contributed by atoms with van der Waals surface area (Å²) in [5.74, 6) is -0.154. The lowest BCUT2D eigenvalue weighted by atomic mass is 9.73. The lowest BCUT2D eigenvalue weighted by Gasteiger charge is -2.42. The molecule has 1 aromatic carbocycles. The lowest BCUT2D eigenvalue weighted by molar-refractivity contribution is -0.137. The molecule has 1 aliphatic heterocycles. The second kappa shape index (κ2) is 9.44. The van der Waals surface area contributed by atoms with Crippen LogP contribution < -0.4 is 5.32 Å². The first-order chi connectivity index (χ1) is 13.8. The molecule has 0 spiro atoms. The van der Waals surface area contributed by atoms with E-state index < -0.39 is 27.7 Å². The number of amides is 1. The average Bonchev–Trinajstić information content (AvgIpc) is 2.65. The van der Waals surface area contributed by atoms with Gasteiger partial charge < -0.3 is 5.32 Å². The van der Waals surface area contributed by atoms with E-state index in [1.54, 1.807) is 6.92 Å². The number of rotatable bonds is 7. The first kappa shape index (κ1) is 24.9. The van der Waals surface area contributed by atoms with E-state index in [-0.39, 0.29) is 21.8 Å². The Balaban J connectivity index is 2.11. The smallest absolute Gasteiger partial charge is 0.351 e. The fourth-order valence-electron chi connectivity index (χ4n) is 3.98. The summed E-state index contributed by atoms with van der Waals surface area (Å²) >= 11 is 5.92. The number of benzene rings is 1. The van der Waals surface area contributed by atoms with Crippen molar-refractivity contribution >= 4 is 27.5 Å². The van der Waals surface area contributed by atoms with Crippen molar-refractivity contribution in [2.75, 3.05) is 25.4 Å². The summed E-state index contributed by atoms with van der Waals surface area (Å²) in [5.41, 5.74) is -1.21. The van der Waals surface area contributed by atoms with Crippen LogP contribution in [0, 0.1) is 11.3 Å². The van der Waals surface area contributed by atoms with E-state index >= 15 is 0 Å². The molecule has 10 heteroatoms. The van der Waals surface area contributed by atoms with Crippen molar-refractivity contribution in [3.05, 3.63) is 34.3 Å². The molecule has 0 radical (unpaired) electrons. The van der Waals surface area contributed by atoms with E-state index in [1.807, 2.05) is 0 Å². The fraction of sp³-hybridized carbons (Fsp3) is 0.650. The van der Waals surface area contributed by atoms with Crippen molar-refractivity contribution in [1.29, 1.82) is 0 Å². The lowest BCUT2D eigenvalue weighted by Crippen LogP contribution is -2.48. The van der Waals surface area contributed by atoms with Crippen LogP contribution in [-0.4, -0.2) is 44.0 Å². The highest BCUT2D eigenvalue weighted by atomic mass is 35.5. The molecule has 1 aromatic rings. The van der Waals surface area contributed by atoms with Crippen molar-refractivity contribution in [2.45, 2.75) is 46.2 Å². The Morgan fingerprint density at radius 3 is 2.33 bits per heavy atom. The van der Waals surface area contributed by atoms with Crippen LogP contribution in [0.5, 0.6) is 0 Å². The van der Waals surface area contributed by atoms with Gasteiger partial charge >= 0.3 is 6.18 Å². The minimum Gasteiger partial charge on any atom is -0.351 e. The molecule has 2 rings (SSSR count). The SMILES string of the molecule is CCS(=O)(=O)N1CCC(CNC(=O)c2ccc(C(F)(F)F)cc2Cl)(CC(C)C)CC1. The maximum atomic E-state index is 12.8. The average molecular weight is 469 g/mol. The van der Waals surface area contributed by atoms with Crippen LogP contribution in [0.4, 0.5) is 13.2 Å². The molecule has 1 N–H and O–H groups in total. The molecule has 0 saturated carbocycles. The van der Waals surface area contributed by atoms with Gasteiger partial charge in [-0.3, -0.25) is 4.79 Å². The van der Waals surface area contributed by atoms with Gasteiger partial charge in [0.05, 0.1) is 21.9 Å². The van der Waals surface area contributed by atoms with Crippen LogP contribution in [0.15, 0.2) is 18.2 Å². The van der Waals surface area contributed by atoms with E-state index in [0.717, 1.165) is 24.6 Å². The molecule has 1 saturated heterocycles. The summed E-state index contributed by atoms with van der Waals surface area (Å²) in [6, 6.07) is 2.65. The largest absolute Gasteiger partial charge is 0.416 e. The minimum atomic E-state index is -4.53. The molecule has 0 aliphatic carbocycles. The van der Waals surface area contributed by atoms with E-state index in [1.165, 1.54) is 4.31 Å². The summed E-state index contributed by atoms with van der Waals surface area (Å²) in [6.45, 7) is 6.82. The van der Waals surface area contributed by atoms with E-state index in [9.17, 15) is 26.4 Å². The predicted molar refractivity (Wildman–Crippen MR) is 111 cm³/mol. The van der Waals surface area contributed by atoms with Gasteiger partial charge in [0, 0.05) is 19.6 Å². The Morgan fingerprint density at radius 1 is 1.27 bits per heavy atom. The molecule has 0 atom stereocenters. The monoisotopic (exact) mass is 468 g/mol. The topological polar surface area (TPSA) is 66.5 Å². The number of halogens is 4. The van der Waals surface area contributed by atoms with Crippen molar-refractivity contribution in [3.8, 4) is 0 Å². The molecular weight excluding hydrogens is 441 g/mol. The van der Waals surface area contributed by atoms with Gasteiger partial charge in [-0.05, 0) is 55.7 Å². The zero-order valence-corrected chi connectivity index (χ0v) is 18.9. The third-order valence-electron chi connectivity index (χ3n) is 5.55. The number of carbonyl (C=O) groups is 1. The second-order valence-corrected chi connectivity index (χ2v) is 10.9. The van der Waals surface area contributed by atoms with Gasteiger partial charge in [0.15, 0.2) is 0 Å². The van der Waals surface area contributed by atoms with Crippen LogP contribution in [0.2, 0.25) is 5.02 Å². The third kappa shape index (κ3) is 6.11. The predicted octanol–water partition coefficient (Wildman–Crippen LogP) is 4.57. The highest BCUT2D eigenvalue weighted by Crippen LogP contribution is 2.38. The van der Waals surface area contributed by atoms with Crippen molar-refractivity contribution in [3.63, 3.8) is 0 Å². The maximum Gasteiger partial charge on any atom is 0.416 e. The number of nitrogens with one attached hydrogen (secondary N) is 1. The van der Waals surface area contributed by atoms with E-state index in [4.69, 9.17) is 11.6 Å². The van der Waals surface area contributed by atoms with Crippen LogP contribution in [0.25, 0.3) is 0 Å². The zero-order chi connectivity index (χ0) is 22.7. The Kier molecular flexibility index (Phi) is 7.85. The number of hydrogen-bond acceptors (Lipinski definition) is 3. The Hall–Kier alpha value is -1.32. The third-order valence-corrected chi connectivity index (χ3v) is 7.74. The van der Waals surface area contributed by atoms with Gasteiger partial charge in [-0.15, -0.1) is 0 Å². The highest BCUT2D eigenvalue weighted by Gasteiger charge is 2.38. The van der Waals surface area contributed by atoms with Crippen molar-refractivity contribution in [1.82, 2.24) is 9.62 Å². The second-order valence-electron chi connectivity index (χ2n) is 8.27. The quantitative estimate of drug-likeness (QED) is 0.637. The molecule has 0 unspecified atom stereocenters. The highest BCUT2D eigenvalue weighted by molar-refractivity contribution is 7.89. The Bertz CT molecular complexity index is 865. The maximum absolute atomic E-state index is 12.8. The van der Waals surface area contributed by atoms with Crippen LogP contribution in [-0.2, 0) is 16.2 Å². The molecule has 5 nitrogen and oxygen atoms in total. The molecule has 30 heavy (non-hydrogen) atoms. The number of piperidine rings is 1. The molecule has 0 aromatic heterocycles. The molecular formula is C20H28ClF3N2O3S. The summed E-state index contributed by atoms with van der Waals surface area (Å²) in [6.07, 6.45) is -2.53. The van der Waals surface area contributed by atoms with E-state index in [0.29, 0.717) is 38.4 Å². The number of hydrogen-bond donors (Lipinski definition) is 1. The first-order valence-electron chi connectivity index (χ1n) is 9.92.